The first kappa shape index (κ1) is 13.4. The lowest BCUT2D eigenvalue weighted by Crippen LogP contribution is -2.14. The highest BCUT2D eigenvalue weighted by Gasteiger charge is 2.13. The van der Waals surface area contributed by atoms with Crippen LogP contribution < -0.4 is 0 Å². The van der Waals surface area contributed by atoms with Crippen LogP contribution >= 0.6 is 11.3 Å². The monoisotopic (exact) mass is 264 g/mol. The molecule has 98 valence electrons. The smallest absolute Gasteiger partial charge is 0.127 e. The van der Waals surface area contributed by atoms with Gasteiger partial charge < -0.3 is 5.11 Å². The summed E-state index contributed by atoms with van der Waals surface area (Å²) in [4.78, 5) is 11.0. The molecule has 0 aromatic carbocycles. The zero-order valence-electron chi connectivity index (χ0n) is 11.2. The summed E-state index contributed by atoms with van der Waals surface area (Å²) in [6.45, 7) is 6.39. The molecule has 0 spiro atoms. The van der Waals surface area contributed by atoms with Crippen molar-refractivity contribution in [1.29, 1.82) is 0 Å². The maximum atomic E-state index is 10.0. The molecule has 2 aromatic heterocycles. The second-order valence-electron chi connectivity index (χ2n) is 5.09. The Balaban J connectivity index is 2.24. The van der Waals surface area contributed by atoms with Gasteiger partial charge in [0.2, 0.25) is 0 Å². The standard InChI is InChI=1S/C14H20N2OS/c1-4-11-7-12-13(6-10(17)5-9(2)3)15-8-16-14(12)18-11/h7-10,17H,4-6H2,1-3H3. The Labute approximate surface area is 112 Å². The number of aliphatic hydroxyl groups is 1. The average Bonchev–Trinajstić information content (AvgIpc) is 2.72. The first-order chi connectivity index (χ1) is 8.60. The van der Waals surface area contributed by atoms with Gasteiger partial charge in [-0.1, -0.05) is 20.8 Å². The highest BCUT2D eigenvalue weighted by atomic mass is 32.1. The molecule has 0 aliphatic rings. The van der Waals surface area contributed by atoms with Crippen molar-refractivity contribution >= 4 is 21.6 Å². The number of thiophene rings is 1. The van der Waals surface area contributed by atoms with E-state index in [-0.39, 0.29) is 6.10 Å². The first-order valence-electron chi connectivity index (χ1n) is 6.50. The fraction of sp³-hybridized carbons (Fsp3) is 0.571. The molecule has 0 aliphatic carbocycles. The van der Waals surface area contributed by atoms with E-state index >= 15 is 0 Å². The van der Waals surface area contributed by atoms with Gasteiger partial charge in [-0.15, -0.1) is 11.3 Å². The fourth-order valence-electron chi connectivity index (χ4n) is 2.14. The van der Waals surface area contributed by atoms with Crippen molar-refractivity contribution in [3.8, 4) is 0 Å². The molecule has 2 heterocycles. The number of hydrogen-bond donors (Lipinski definition) is 1. The van der Waals surface area contributed by atoms with Gasteiger partial charge in [0.1, 0.15) is 11.2 Å². The largest absolute Gasteiger partial charge is 0.393 e. The second kappa shape index (κ2) is 5.76. The molecule has 3 nitrogen and oxygen atoms in total. The van der Waals surface area contributed by atoms with Crippen molar-refractivity contribution in [2.24, 2.45) is 5.92 Å². The molecule has 1 atom stereocenters. The highest BCUT2D eigenvalue weighted by molar-refractivity contribution is 7.18. The molecule has 4 heteroatoms. The van der Waals surface area contributed by atoms with Gasteiger partial charge in [-0.05, 0) is 24.8 Å². The maximum absolute atomic E-state index is 10.0. The minimum absolute atomic E-state index is 0.312. The van der Waals surface area contributed by atoms with Crippen molar-refractivity contribution in [2.45, 2.75) is 46.1 Å². The SMILES string of the molecule is CCc1cc2c(CC(O)CC(C)C)ncnc2s1. The van der Waals surface area contributed by atoms with E-state index in [0.717, 1.165) is 28.8 Å². The third-order valence-electron chi connectivity index (χ3n) is 2.98. The molecule has 0 fully saturated rings. The van der Waals surface area contributed by atoms with E-state index < -0.39 is 0 Å². The lowest BCUT2D eigenvalue weighted by Gasteiger charge is -2.12. The van der Waals surface area contributed by atoms with E-state index in [9.17, 15) is 5.11 Å². The van der Waals surface area contributed by atoms with Crippen LogP contribution in [0.4, 0.5) is 0 Å². The van der Waals surface area contributed by atoms with Crippen LogP contribution in [0.1, 0.15) is 37.8 Å². The summed E-state index contributed by atoms with van der Waals surface area (Å²) >= 11 is 1.72. The van der Waals surface area contributed by atoms with Gasteiger partial charge >= 0.3 is 0 Å². The van der Waals surface area contributed by atoms with Crippen LogP contribution in [-0.2, 0) is 12.8 Å². The average molecular weight is 264 g/mol. The molecule has 2 rings (SSSR count). The van der Waals surface area contributed by atoms with E-state index in [4.69, 9.17) is 0 Å². The minimum atomic E-state index is -0.312. The number of rotatable bonds is 5. The molecule has 1 N–H and O–H groups in total. The predicted octanol–water partition coefficient (Wildman–Crippen LogP) is 3.20. The first-order valence-corrected chi connectivity index (χ1v) is 7.32. The van der Waals surface area contributed by atoms with Gasteiger partial charge in [0.15, 0.2) is 0 Å². The zero-order valence-corrected chi connectivity index (χ0v) is 12.0. The summed E-state index contributed by atoms with van der Waals surface area (Å²) in [6, 6.07) is 2.16. The van der Waals surface area contributed by atoms with Crippen LogP contribution in [0, 0.1) is 5.92 Å². The number of aryl methyl sites for hydroxylation is 1. The third-order valence-corrected chi connectivity index (χ3v) is 4.17. The topological polar surface area (TPSA) is 46.0 Å². The molecule has 0 radical (unpaired) electrons. The molecular formula is C14H20N2OS. The van der Waals surface area contributed by atoms with Crippen molar-refractivity contribution < 1.29 is 5.11 Å². The Hall–Kier alpha value is -1.00. The Morgan fingerprint density at radius 3 is 2.78 bits per heavy atom. The predicted molar refractivity (Wildman–Crippen MR) is 76.0 cm³/mol. The van der Waals surface area contributed by atoms with Gasteiger partial charge in [0, 0.05) is 16.7 Å². The molecule has 0 amide bonds. The number of aromatic nitrogens is 2. The molecule has 0 aliphatic heterocycles. The van der Waals surface area contributed by atoms with Crippen molar-refractivity contribution in [3.63, 3.8) is 0 Å². The Morgan fingerprint density at radius 2 is 2.11 bits per heavy atom. The van der Waals surface area contributed by atoms with Gasteiger partial charge in [-0.25, -0.2) is 9.97 Å². The summed E-state index contributed by atoms with van der Waals surface area (Å²) < 4.78 is 0. The quantitative estimate of drug-likeness (QED) is 0.902. The molecule has 18 heavy (non-hydrogen) atoms. The Bertz CT molecular complexity index is 521. The Morgan fingerprint density at radius 1 is 1.33 bits per heavy atom. The van der Waals surface area contributed by atoms with Gasteiger partial charge in [-0.3, -0.25) is 0 Å². The van der Waals surface area contributed by atoms with E-state index in [1.54, 1.807) is 17.7 Å². The highest BCUT2D eigenvalue weighted by Crippen LogP contribution is 2.26. The third kappa shape index (κ3) is 3.06. The molecule has 0 saturated heterocycles. The van der Waals surface area contributed by atoms with Gasteiger partial charge in [0.05, 0.1) is 11.8 Å². The molecule has 1 unspecified atom stereocenters. The van der Waals surface area contributed by atoms with Crippen LogP contribution in [0.15, 0.2) is 12.4 Å². The van der Waals surface area contributed by atoms with Crippen LogP contribution in [0.3, 0.4) is 0 Å². The van der Waals surface area contributed by atoms with E-state index in [2.05, 4.69) is 36.8 Å². The molecular weight excluding hydrogens is 244 g/mol. The lowest BCUT2D eigenvalue weighted by molar-refractivity contribution is 0.148. The number of hydrogen-bond acceptors (Lipinski definition) is 4. The van der Waals surface area contributed by atoms with Crippen LogP contribution in [0.5, 0.6) is 0 Å². The zero-order chi connectivity index (χ0) is 13.1. The van der Waals surface area contributed by atoms with Crippen LogP contribution in [0.2, 0.25) is 0 Å². The Kier molecular flexibility index (Phi) is 4.30. The summed E-state index contributed by atoms with van der Waals surface area (Å²) in [5.41, 5.74) is 0.976. The number of aliphatic hydroxyl groups excluding tert-OH is 1. The molecule has 0 saturated carbocycles. The van der Waals surface area contributed by atoms with Crippen LogP contribution in [0.25, 0.3) is 10.2 Å². The van der Waals surface area contributed by atoms with E-state index in [1.807, 2.05) is 0 Å². The fourth-order valence-corrected chi connectivity index (χ4v) is 3.10. The molecule has 2 aromatic rings. The maximum Gasteiger partial charge on any atom is 0.127 e. The van der Waals surface area contributed by atoms with Crippen molar-refractivity contribution in [1.82, 2.24) is 9.97 Å². The summed E-state index contributed by atoms with van der Waals surface area (Å²) in [5, 5.41) is 11.2. The summed E-state index contributed by atoms with van der Waals surface area (Å²) in [6.07, 6.45) is 3.76. The normalized spacial score (nSPS) is 13.4. The van der Waals surface area contributed by atoms with E-state index in [0.29, 0.717) is 12.3 Å². The van der Waals surface area contributed by atoms with Crippen molar-refractivity contribution in [3.05, 3.63) is 23.0 Å². The van der Waals surface area contributed by atoms with Crippen molar-refractivity contribution in [2.75, 3.05) is 0 Å². The van der Waals surface area contributed by atoms with Crippen LogP contribution in [-0.4, -0.2) is 21.2 Å². The number of nitrogens with zero attached hydrogens (tertiary/aromatic N) is 2. The van der Waals surface area contributed by atoms with Gasteiger partial charge in [0.25, 0.3) is 0 Å². The van der Waals surface area contributed by atoms with E-state index in [1.165, 1.54) is 4.88 Å². The number of fused-ring (bicyclic) bond motifs is 1. The molecule has 0 bridgehead atoms. The second-order valence-corrected chi connectivity index (χ2v) is 6.21. The minimum Gasteiger partial charge on any atom is -0.393 e. The summed E-state index contributed by atoms with van der Waals surface area (Å²) in [5.74, 6) is 0.506. The van der Waals surface area contributed by atoms with Gasteiger partial charge in [-0.2, -0.15) is 0 Å². The summed E-state index contributed by atoms with van der Waals surface area (Å²) in [7, 11) is 0. The lowest BCUT2D eigenvalue weighted by atomic mass is 10.0.